The first-order valence-corrected chi connectivity index (χ1v) is 8.46. The molecule has 1 aromatic carbocycles. The lowest BCUT2D eigenvalue weighted by Crippen LogP contribution is -2.11. The lowest BCUT2D eigenvalue weighted by Gasteiger charge is -2.18. The fourth-order valence-corrected chi connectivity index (χ4v) is 3.81. The van der Waals surface area contributed by atoms with Gasteiger partial charge in [0.05, 0.1) is 6.04 Å². The molecule has 0 bridgehead atoms. The lowest BCUT2D eigenvalue weighted by molar-refractivity contribution is 0.802. The van der Waals surface area contributed by atoms with Gasteiger partial charge >= 0.3 is 0 Å². The van der Waals surface area contributed by atoms with E-state index >= 15 is 0 Å². The molecule has 1 nitrogen and oxygen atoms in total. The van der Waals surface area contributed by atoms with Gasteiger partial charge in [-0.3, -0.25) is 0 Å². The third-order valence-electron chi connectivity index (χ3n) is 3.23. The van der Waals surface area contributed by atoms with Crippen LogP contribution in [0.4, 0.5) is 5.69 Å². The Labute approximate surface area is 127 Å². The summed E-state index contributed by atoms with van der Waals surface area (Å²) >= 11 is 3.65. The first kappa shape index (κ1) is 13.4. The molecule has 0 aliphatic carbocycles. The number of thiophene rings is 2. The maximum Gasteiger partial charge on any atom is 0.0654 e. The molecule has 2 heterocycles. The molecule has 0 spiro atoms. The van der Waals surface area contributed by atoms with E-state index in [9.17, 15) is 0 Å². The van der Waals surface area contributed by atoms with Crippen LogP contribution in [0.5, 0.6) is 0 Å². The second-order valence-electron chi connectivity index (χ2n) is 4.87. The van der Waals surface area contributed by atoms with E-state index in [4.69, 9.17) is 0 Å². The third kappa shape index (κ3) is 3.30. The second-order valence-corrected chi connectivity index (χ2v) is 6.88. The number of hydrogen-bond acceptors (Lipinski definition) is 3. The SMILES string of the molecule is Cc1cccc(NC(Cc2cccs2)c2cccs2)c1. The molecule has 3 rings (SSSR count). The van der Waals surface area contributed by atoms with Crippen LogP contribution in [0.3, 0.4) is 0 Å². The first-order valence-electron chi connectivity index (χ1n) is 6.70. The van der Waals surface area contributed by atoms with Gasteiger partial charge in [-0.2, -0.15) is 0 Å². The number of nitrogens with one attached hydrogen (secondary N) is 1. The highest BCUT2D eigenvalue weighted by Gasteiger charge is 2.14. The van der Waals surface area contributed by atoms with Gasteiger partial charge in [0.1, 0.15) is 0 Å². The zero-order valence-corrected chi connectivity index (χ0v) is 13.0. The molecule has 1 atom stereocenters. The zero-order valence-electron chi connectivity index (χ0n) is 11.4. The summed E-state index contributed by atoms with van der Waals surface area (Å²) in [5, 5.41) is 7.97. The van der Waals surface area contributed by atoms with Crippen molar-refractivity contribution in [1.29, 1.82) is 0 Å². The number of rotatable bonds is 5. The molecule has 3 heteroatoms. The quantitative estimate of drug-likeness (QED) is 0.654. The van der Waals surface area contributed by atoms with Crippen LogP contribution in [0, 0.1) is 6.92 Å². The Morgan fingerprint density at radius 3 is 2.55 bits per heavy atom. The van der Waals surface area contributed by atoms with Crippen molar-refractivity contribution in [2.24, 2.45) is 0 Å². The predicted octanol–water partition coefficient (Wildman–Crippen LogP) is 5.51. The van der Waals surface area contributed by atoms with E-state index < -0.39 is 0 Å². The molecule has 0 saturated carbocycles. The van der Waals surface area contributed by atoms with Gasteiger partial charge in [0, 0.05) is 21.9 Å². The molecular formula is C17H17NS2. The molecule has 1 unspecified atom stereocenters. The van der Waals surface area contributed by atoms with Crippen molar-refractivity contribution in [1.82, 2.24) is 0 Å². The van der Waals surface area contributed by atoms with Crippen molar-refractivity contribution >= 4 is 28.4 Å². The number of anilines is 1. The van der Waals surface area contributed by atoms with Crippen LogP contribution in [0.1, 0.15) is 21.4 Å². The maximum atomic E-state index is 3.68. The standard InChI is InChI=1S/C17H17NS2/c1-13-5-2-6-14(11-13)18-16(17-8-4-10-20-17)12-15-7-3-9-19-15/h2-11,16,18H,12H2,1H3. The fraction of sp³-hybridized carbons (Fsp3) is 0.176. The fourth-order valence-electron chi connectivity index (χ4n) is 2.28. The molecule has 0 aliphatic heterocycles. The van der Waals surface area contributed by atoms with Crippen molar-refractivity contribution < 1.29 is 0 Å². The molecule has 0 saturated heterocycles. The summed E-state index contributed by atoms with van der Waals surface area (Å²) in [5.74, 6) is 0. The summed E-state index contributed by atoms with van der Waals surface area (Å²) in [6.45, 7) is 2.13. The van der Waals surface area contributed by atoms with Crippen LogP contribution in [-0.4, -0.2) is 0 Å². The van der Waals surface area contributed by atoms with E-state index in [1.165, 1.54) is 21.0 Å². The third-order valence-corrected chi connectivity index (χ3v) is 5.12. The molecule has 0 radical (unpaired) electrons. The Hall–Kier alpha value is -1.58. The predicted molar refractivity (Wildman–Crippen MR) is 89.9 cm³/mol. The van der Waals surface area contributed by atoms with Crippen LogP contribution >= 0.6 is 22.7 Å². The van der Waals surface area contributed by atoms with Gasteiger partial charge in [-0.25, -0.2) is 0 Å². The minimum atomic E-state index is 0.343. The average Bonchev–Trinajstić information content (AvgIpc) is 3.11. The van der Waals surface area contributed by atoms with E-state index in [2.05, 4.69) is 71.5 Å². The van der Waals surface area contributed by atoms with Crippen molar-refractivity contribution in [3.8, 4) is 0 Å². The van der Waals surface area contributed by atoms with E-state index in [1.807, 2.05) is 22.7 Å². The monoisotopic (exact) mass is 299 g/mol. The van der Waals surface area contributed by atoms with Gasteiger partial charge in [-0.15, -0.1) is 22.7 Å². The van der Waals surface area contributed by atoms with Crippen molar-refractivity contribution in [2.45, 2.75) is 19.4 Å². The van der Waals surface area contributed by atoms with E-state index in [1.54, 1.807) is 0 Å². The summed E-state index contributed by atoms with van der Waals surface area (Å²) in [7, 11) is 0. The average molecular weight is 299 g/mol. The van der Waals surface area contributed by atoms with Crippen LogP contribution in [-0.2, 0) is 6.42 Å². The van der Waals surface area contributed by atoms with Gasteiger partial charge < -0.3 is 5.32 Å². The molecule has 102 valence electrons. The smallest absolute Gasteiger partial charge is 0.0654 e. The Morgan fingerprint density at radius 1 is 1.00 bits per heavy atom. The van der Waals surface area contributed by atoms with Crippen LogP contribution in [0.2, 0.25) is 0 Å². The lowest BCUT2D eigenvalue weighted by atomic mass is 10.1. The Kier molecular flexibility index (Phi) is 4.19. The molecule has 0 amide bonds. The van der Waals surface area contributed by atoms with Gasteiger partial charge in [-0.05, 0) is 47.5 Å². The number of hydrogen-bond donors (Lipinski definition) is 1. The summed E-state index contributed by atoms with van der Waals surface area (Å²) in [6.07, 6.45) is 1.03. The number of aryl methyl sites for hydroxylation is 1. The van der Waals surface area contributed by atoms with Gasteiger partial charge in [0.15, 0.2) is 0 Å². The molecule has 0 fully saturated rings. The number of benzene rings is 1. The molecule has 1 N–H and O–H groups in total. The highest BCUT2D eigenvalue weighted by Crippen LogP contribution is 2.28. The van der Waals surface area contributed by atoms with Gasteiger partial charge in [0.25, 0.3) is 0 Å². The first-order chi connectivity index (χ1) is 9.81. The summed E-state index contributed by atoms with van der Waals surface area (Å²) in [6, 6.07) is 17.6. The molecular weight excluding hydrogens is 282 g/mol. The summed E-state index contributed by atoms with van der Waals surface area (Å²) in [5.41, 5.74) is 2.48. The highest BCUT2D eigenvalue weighted by molar-refractivity contribution is 7.10. The Morgan fingerprint density at radius 2 is 1.85 bits per heavy atom. The Bertz CT molecular complexity index is 641. The highest BCUT2D eigenvalue weighted by atomic mass is 32.1. The largest absolute Gasteiger partial charge is 0.377 e. The van der Waals surface area contributed by atoms with Crippen molar-refractivity contribution in [2.75, 3.05) is 5.32 Å². The van der Waals surface area contributed by atoms with Gasteiger partial charge in [-0.1, -0.05) is 24.3 Å². The minimum Gasteiger partial charge on any atom is -0.377 e. The van der Waals surface area contributed by atoms with Crippen molar-refractivity contribution in [3.63, 3.8) is 0 Å². The summed E-state index contributed by atoms with van der Waals surface area (Å²) < 4.78 is 0. The molecule has 2 aromatic heterocycles. The van der Waals surface area contributed by atoms with E-state index in [-0.39, 0.29) is 0 Å². The second kappa shape index (κ2) is 6.25. The van der Waals surface area contributed by atoms with Crippen molar-refractivity contribution in [3.05, 3.63) is 74.6 Å². The van der Waals surface area contributed by atoms with Crippen LogP contribution in [0.25, 0.3) is 0 Å². The normalized spacial score (nSPS) is 12.2. The molecule has 3 aromatic rings. The Balaban J connectivity index is 1.82. The zero-order chi connectivity index (χ0) is 13.8. The minimum absolute atomic E-state index is 0.343. The molecule has 0 aliphatic rings. The van der Waals surface area contributed by atoms with Crippen LogP contribution in [0.15, 0.2) is 59.3 Å². The summed E-state index contributed by atoms with van der Waals surface area (Å²) in [4.78, 5) is 2.81. The van der Waals surface area contributed by atoms with Gasteiger partial charge in [0.2, 0.25) is 0 Å². The maximum absolute atomic E-state index is 3.68. The van der Waals surface area contributed by atoms with E-state index in [0.717, 1.165) is 6.42 Å². The molecule has 20 heavy (non-hydrogen) atoms. The van der Waals surface area contributed by atoms with Crippen LogP contribution < -0.4 is 5.32 Å². The van der Waals surface area contributed by atoms with E-state index in [0.29, 0.717) is 6.04 Å². The topological polar surface area (TPSA) is 12.0 Å².